The van der Waals surface area contributed by atoms with Gasteiger partial charge in [0.15, 0.2) is 5.25 Å². The van der Waals surface area contributed by atoms with Gasteiger partial charge in [0.1, 0.15) is 10.1 Å². The first-order valence-corrected chi connectivity index (χ1v) is 16.3. The number of para-hydroxylation sites is 2. The zero-order valence-corrected chi connectivity index (χ0v) is 28.9. The van der Waals surface area contributed by atoms with Crippen LogP contribution in [-0.4, -0.2) is 43.4 Å². The maximum Gasteiger partial charge on any atom is 1.00 e. The zero-order chi connectivity index (χ0) is 30.5. The van der Waals surface area contributed by atoms with Gasteiger partial charge in [-0.15, -0.1) is 0 Å². The summed E-state index contributed by atoms with van der Waals surface area (Å²) in [4.78, 5) is 24.1. The van der Waals surface area contributed by atoms with Crippen molar-refractivity contribution >= 4 is 33.4 Å². The number of rotatable bonds is 18. The summed E-state index contributed by atoms with van der Waals surface area (Å²) in [5.41, 5.74) is 2.24. The minimum Gasteiger partial charge on any atom is -0.747 e. The predicted octanol–water partition coefficient (Wildman–Crippen LogP) is 4.24. The summed E-state index contributed by atoms with van der Waals surface area (Å²) < 4.78 is 44.6. The van der Waals surface area contributed by atoms with Crippen LogP contribution in [0.3, 0.4) is 0 Å². The molecule has 0 saturated carbocycles. The smallest absolute Gasteiger partial charge is 0.747 e. The number of anilines is 2. The molecular formula is C32H48NNaO7S. The third-order valence-electron chi connectivity index (χ3n) is 6.83. The molecule has 0 fully saturated rings. The number of benzene rings is 2. The summed E-state index contributed by atoms with van der Waals surface area (Å²) in [5, 5.41) is 1.25. The van der Waals surface area contributed by atoms with E-state index in [2.05, 4.69) is 19.2 Å². The molecule has 3 atom stereocenters. The molecule has 2 aromatic rings. The van der Waals surface area contributed by atoms with Crippen molar-refractivity contribution in [2.24, 2.45) is 11.8 Å². The van der Waals surface area contributed by atoms with E-state index in [-0.39, 0.29) is 54.6 Å². The van der Waals surface area contributed by atoms with Crippen molar-refractivity contribution in [1.29, 1.82) is 0 Å². The van der Waals surface area contributed by atoms with Crippen molar-refractivity contribution in [3.8, 4) is 0 Å². The standard InChI is InChI=1S/C20H38O7S.C12H11N.Na/c1-5-9-11-16(7-3)14-26-19(21)13-18(28(23,24)25)20(22)27-15-17(8-4)12-10-6-2;1-3-7-11(8-4-1)13-12-9-5-2-6-10-12;/h16-18H,5-15H2,1-4H3,(H,23,24,25);1-10,13H;/q;;+1/p-1. The average Bonchev–Trinajstić information content (AvgIpc) is 2.97. The monoisotopic (exact) mass is 613 g/mol. The molecule has 0 radical (unpaired) electrons. The first kappa shape index (κ1) is 40.1. The fourth-order valence-electron chi connectivity index (χ4n) is 4.02. The van der Waals surface area contributed by atoms with E-state index >= 15 is 0 Å². The van der Waals surface area contributed by atoms with Crippen molar-refractivity contribution in [2.75, 3.05) is 18.5 Å². The fourth-order valence-corrected chi connectivity index (χ4v) is 4.67. The van der Waals surface area contributed by atoms with Crippen LogP contribution in [0.15, 0.2) is 60.7 Å². The van der Waals surface area contributed by atoms with E-state index < -0.39 is 33.7 Å². The summed E-state index contributed by atoms with van der Waals surface area (Å²) in [6.07, 6.45) is 6.58. The third kappa shape index (κ3) is 17.9. The molecule has 0 amide bonds. The Hall–Kier alpha value is -1.91. The summed E-state index contributed by atoms with van der Waals surface area (Å²) in [5.74, 6) is -1.74. The van der Waals surface area contributed by atoms with Gasteiger partial charge in [-0.2, -0.15) is 0 Å². The molecule has 0 aliphatic heterocycles. The van der Waals surface area contributed by atoms with E-state index in [0.29, 0.717) is 0 Å². The van der Waals surface area contributed by atoms with E-state index in [4.69, 9.17) is 9.47 Å². The van der Waals surface area contributed by atoms with E-state index in [9.17, 15) is 22.6 Å². The Morgan fingerprint density at radius 3 is 1.57 bits per heavy atom. The molecule has 230 valence electrons. The van der Waals surface area contributed by atoms with Crippen LogP contribution in [0.2, 0.25) is 0 Å². The quantitative estimate of drug-likeness (QED) is 0.151. The van der Waals surface area contributed by atoms with Crippen molar-refractivity contribution in [1.82, 2.24) is 0 Å². The van der Waals surface area contributed by atoms with E-state index in [1.165, 1.54) is 0 Å². The predicted molar refractivity (Wildman–Crippen MR) is 163 cm³/mol. The molecule has 0 spiro atoms. The Balaban J connectivity index is 0.000000989. The van der Waals surface area contributed by atoms with Crippen molar-refractivity contribution in [2.45, 2.75) is 90.7 Å². The van der Waals surface area contributed by atoms with E-state index in [0.717, 1.165) is 62.7 Å². The minimum atomic E-state index is -5.01. The molecule has 42 heavy (non-hydrogen) atoms. The van der Waals surface area contributed by atoms with Gasteiger partial charge in [0.05, 0.1) is 19.6 Å². The second kappa shape index (κ2) is 23.5. The molecule has 0 bridgehead atoms. The Kier molecular flexibility index (Phi) is 22.5. The van der Waals surface area contributed by atoms with Crippen LogP contribution in [0, 0.1) is 11.8 Å². The molecule has 0 aliphatic rings. The maximum atomic E-state index is 12.1. The number of hydrogen-bond donors (Lipinski definition) is 1. The normalized spacial score (nSPS) is 12.9. The van der Waals surface area contributed by atoms with Gasteiger partial charge in [0.2, 0.25) is 0 Å². The third-order valence-corrected chi connectivity index (χ3v) is 7.88. The minimum absolute atomic E-state index is 0. The van der Waals surface area contributed by atoms with Crippen LogP contribution >= 0.6 is 0 Å². The topological polar surface area (TPSA) is 122 Å². The zero-order valence-electron chi connectivity index (χ0n) is 26.0. The van der Waals surface area contributed by atoms with E-state index in [1.807, 2.05) is 74.5 Å². The Morgan fingerprint density at radius 2 is 1.19 bits per heavy atom. The molecule has 10 heteroatoms. The largest absolute Gasteiger partial charge is 1.00 e. The molecule has 0 saturated heterocycles. The number of unbranched alkanes of at least 4 members (excludes halogenated alkanes) is 2. The fraction of sp³-hybridized carbons (Fsp3) is 0.562. The molecule has 3 unspecified atom stereocenters. The molecule has 1 N–H and O–H groups in total. The molecule has 0 aliphatic carbocycles. The number of nitrogens with one attached hydrogen (secondary N) is 1. The number of ether oxygens (including phenoxy) is 2. The summed E-state index contributed by atoms with van der Waals surface area (Å²) in [6.45, 7) is 8.26. The molecule has 0 heterocycles. The molecule has 0 aromatic heterocycles. The van der Waals surface area contributed by atoms with Gasteiger partial charge in [-0.1, -0.05) is 103 Å². The van der Waals surface area contributed by atoms with Gasteiger partial charge in [0, 0.05) is 11.4 Å². The van der Waals surface area contributed by atoms with Crippen LogP contribution in [0.1, 0.15) is 85.5 Å². The second-order valence-electron chi connectivity index (χ2n) is 10.2. The summed E-state index contributed by atoms with van der Waals surface area (Å²) >= 11 is 0. The van der Waals surface area contributed by atoms with Crippen LogP contribution in [0.4, 0.5) is 11.4 Å². The van der Waals surface area contributed by atoms with Crippen LogP contribution in [0.25, 0.3) is 0 Å². The van der Waals surface area contributed by atoms with Gasteiger partial charge < -0.3 is 19.3 Å². The van der Waals surface area contributed by atoms with Gasteiger partial charge >= 0.3 is 41.5 Å². The first-order chi connectivity index (χ1) is 19.6. The Morgan fingerprint density at radius 1 is 0.762 bits per heavy atom. The van der Waals surface area contributed by atoms with Crippen molar-refractivity contribution < 1.29 is 61.6 Å². The summed E-state index contributed by atoms with van der Waals surface area (Å²) in [6, 6.07) is 20.3. The number of carbonyl (C=O) groups is 2. The van der Waals surface area contributed by atoms with Crippen LogP contribution in [0.5, 0.6) is 0 Å². The molecular weight excluding hydrogens is 565 g/mol. The molecule has 2 rings (SSSR count). The first-order valence-electron chi connectivity index (χ1n) is 14.8. The van der Waals surface area contributed by atoms with Gasteiger partial charge in [-0.3, -0.25) is 9.59 Å². The number of carbonyl (C=O) groups excluding carboxylic acids is 2. The Labute approximate surface area is 275 Å². The SMILES string of the molecule is CCCCC(CC)COC(=O)CC(C(=O)OCC(CC)CCCC)S(=O)(=O)[O-].[Na+].c1ccc(Nc2ccccc2)cc1. The maximum absolute atomic E-state index is 12.1. The van der Waals surface area contributed by atoms with Crippen LogP contribution < -0.4 is 34.9 Å². The van der Waals surface area contributed by atoms with Crippen molar-refractivity contribution in [3.05, 3.63) is 60.7 Å². The van der Waals surface area contributed by atoms with Gasteiger partial charge in [0.25, 0.3) is 0 Å². The number of hydrogen-bond acceptors (Lipinski definition) is 8. The average molecular weight is 614 g/mol. The second-order valence-corrected chi connectivity index (χ2v) is 11.7. The van der Waals surface area contributed by atoms with Gasteiger partial charge in [-0.25, -0.2) is 8.42 Å². The summed E-state index contributed by atoms with van der Waals surface area (Å²) in [7, 11) is -5.01. The van der Waals surface area contributed by atoms with E-state index in [1.54, 1.807) is 0 Å². The van der Waals surface area contributed by atoms with Gasteiger partial charge in [-0.05, 0) is 48.9 Å². The van der Waals surface area contributed by atoms with Crippen LogP contribution in [-0.2, 0) is 29.2 Å². The molecule has 8 nitrogen and oxygen atoms in total. The van der Waals surface area contributed by atoms with Crippen molar-refractivity contribution in [3.63, 3.8) is 0 Å². The number of esters is 2. The Bertz CT molecular complexity index is 1050. The molecule has 2 aromatic carbocycles.